The number of methoxy groups -OCH3 is 1. The number of nitrogens with zero attached hydrogens (tertiary/aromatic N) is 1. The van der Waals surface area contributed by atoms with E-state index in [0.717, 1.165) is 24.2 Å². The number of hydrogen-bond acceptors (Lipinski definition) is 4. The first-order chi connectivity index (χ1) is 11.9. The van der Waals surface area contributed by atoms with Gasteiger partial charge in [-0.1, -0.05) is 18.2 Å². The lowest BCUT2D eigenvalue weighted by atomic mass is 9.98. The molecule has 1 aromatic heterocycles. The van der Waals surface area contributed by atoms with Crippen molar-refractivity contribution in [2.45, 2.75) is 30.7 Å². The van der Waals surface area contributed by atoms with Gasteiger partial charge in [0, 0.05) is 6.20 Å². The average Bonchev–Trinajstić information content (AvgIpc) is 3.25. The Hall–Kier alpha value is -2.18. The Morgan fingerprint density at radius 3 is 2.08 bits per heavy atom. The molecule has 0 amide bonds. The van der Waals surface area contributed by atoms with Gasteiger partial charge in [0.2, 0.25) is 0 Å². The molecule has 2 aliphatic rings. The average molecular weight is 356 g/mol. The molecule has 5 nitrogen and oxygen atoms in total. The Labute approximate surface area is 147 Å². The Balaban J connectivity index is 1.75. The highest BCUT2D eigenvalue weighted by Gasteiger charge is 2.48. The second-order valence-electron chi connectivity index (χ2n) is 6.97. The third-order valence-electron chi connectivity index (χ3n) is 5.24. The zero-order chi connectivity index (χ0) is 17.7. The van der Waals surface area contributed by atoms with Gasteiger partial charge in [-0.05, 0) is 71.6 Å². The van der Waals surface area contributed by atoms with E-state index in [4.69, 9.17) is 9.88 Å². The predicted molar refractivity (Wildman–Crippen MR) is 96.3 cm³/mol. The van der Waals surface area contributed by atoms with Gasteiger partial charge in [0.25, 0.3) is 10.0 Å². The summed E-state index contributed by atoms with van der Waals surface area (Å²) in [5.74, 6) is 0.837. The van der Waals surface area contributed by atoms with Crippen LogP contribution in [0.15, 0.2) is 47.6 Å². The molecule has 0 atom stereocenters. The van der Waals surface area contributed by atoms with Crippen molar-refractivity contribution in [2.24, 2.45) is 10.6 Å². The lowest BCUT2D eigenvalue weighted by molar-refractivity contribution is 0.415. The molecule has 6 heteroatoms. The van der Waals surface area contributed by atoms with Crippen LogP contribution in [0.2, 0.25) is 0 Å². The highest BCUT2D eigenvalue weighted by atomic mass is 32.2. The number of sulfonamides is 1. The van der Waals surface area contributed by atoms with Crippen LogP contribution in [-0.2, 0) is 10.0 Å². The third-order valence-corrected chi connectivity index (χ3v) is 6.06. The number of nitrogens with two attached hydrogens (primary N) is 1. The number of allylic oxidation sites excluding steroid dienone is 2. The van der Waals surface area contributed by atoms with Crippen LogP contribution in [-0.4, -0.2) is 20.5 Å². The molecule has 1 saturated carbocycles. The van der Waals surface area contributed by atoms with E-state index in [1.165, 1.54) is 35.6 Å². The molecule has 2 aromatic rings. The summed E-state index contributed by atoms with van der Waals surface area (Å²) in [6.07, 6.45) is 6.20. The van der Waals surface area contributed by atoms with Crippen LogP contribution in [0.4, 0.5) is 0 Å². The minimum absolute atomic E-state index is 0.0954. The standard InChI is InChI=1S/C19H20N2O3S/c1-24-15-5-2-13(3-6-15)16-10-19(8-9-19)11-17(16)14-4-7-18(21-12-14)25(20,22)23/h2-7,12H,8-11H2,1H3,(H2,20,22,23). The maximum Gasteiger partial charge on any atom is 0.255 e. The van der Waals surface area contributed by atoms with E-state index in [0.29, 0.717) is 5.41 Å². The van der Waals surface area contributed by atoms with Crippen LogP contribution < -0.4 is 9.88 Å². The molecule has 130 valence electrons. The Morgan fingerprint density at radius 1 is 1.00 bits per heavy atom. The van der Waals surface area contributed by atoms with E-state index in [2.05, 4.69) is 17.1 Å². The maximum absolute atomic E-state index is 11.4. The zero-order valence-corrected chi connectivity index (χ0v) is 14.8. The van der Waals surface area contributed by atoms with Gasteiger partial charge in [-0.15, -0.1) is 0 Å². The topological polar surface area (TPSA) is 82.3 Å². The molecule has 1 heterocycles. The van der Waals surface area contributed by atoms with E-state index >= 15 is 0 Å². The summed E-state index contributed by atoms with van der Waals surface area (Å²) < 4.78 is 28.1. The largest absolute Gasteiger partial charge is 0.497 e. The number of hydrogen-bond donors (Lipinski definition) is 1. The minimum Gasteiger partial charge on any atom is -0.497 e. The van der Waals surface area contributed by atoms with Gasteiger partial charge in [0.05, 0.1) is 7.11 Å². The van der Waals surface area contributed by atoms with Crippen molar-refractivity contribution in [3.63, 3.8) is 0 Å². The van der Waals surface area contributed by atoms with Gasteiger partial charge in [-0.2, -0.15) is 0 Å². The van der Waals surface area contributed by atoms with Crippen molar-refractivity contribution >= 4 is 21.2 Å². The highest BCUT2D eigenvalue weighted by molar-refractivity contribution is 7.89. The van der Waals surface area contributed by atoms with E-state index in [1.54, 1.807) is 13.3 Å². The molecule has 1 spiro atoms. The molecule has 0 unspecified atom stereocenters. The zero-order valence-electron chi connectivity index (χ0n) is 14.0. The van der Waals surface area contributed by atoms with Crippen molar-refractivity contribution in [1.82, 2.24) is 4.98 Å². The first-order valence-corrected chi connectivity index (χ1v) is 9.81. The molecule has 0 aliphatic heterocycles. The van der Waals surface area contributed by atoms with E-state index < -0.39 is 10.0 Å². The molecular formula is C19H20N2O3S. The third kappa shape index (κ3) is 3.07. The second kappa shape index (κ2) is 5.68. The molecular weight excluding hydrogens is 336 g/mol. The summed E-state index contributed by atoms with van der Waals surface area (Å²) in [6, 6.07) is 11.4. The molecule has 0 saturated heterocycles. The van der Waals surface area contributed by atoms with Crippen molar-refractivity contribution in [3.05, 3.63) is 53.7 Å². The molecule has 0 bridgehead atoms. The number of aromatic nitrogens is 1. The summed E-state index contributed by atoms with van der Waals surface area (Å²) in [5, 5.41) is 5.05. The molecule has 4 rings (SSSR count). The van der Waals surface area contributed by atoms with Crippen LogP contribution in [0.1, 0.15) is 36.8 Å². The van der Waals surface area contributed by atoms with Crippen LogP contribution in [0.5, 0.6) is 5.75 Å². The molecule has 1 aromatic carbocycles. The highest BCUT2D eigenvalue weighted by Crippen LogP contribution is 2.63. The lowest BCUT2D eigenvalue weighted by Gasteiger charge is -2.09. The number of pyridine rings is 1. The van der Waals surface area contributed by atoms with Crippen molar-refractivity contribution in [3.8, 4) is 5.75 Å². The van der Waals surface area contributed by atoms with E-state index in [-0.39, 0.29) is 5.03 Å². The van der Waals surface area contributed by atoms with Crippen molar-refractivity contribution in [1.29, 1.82) is 0 Å². The van der Waals surface area contributed by atoms with Crippen LogP contribution >= 0.6 is 0 Å². The van der Waals surface area contributed by atoms with Crippen LogP contribution in [0.25, 0.3) is 11.1 Å². The molecule has 25 heavy (non-hydrogen) atoms. The van der Waals surface area contributed by atoms with Gasteiger partial charge in [0.15, 0.2) is 5.03 Å². The lowest BCUT2D eigenvalue weighted by Crippen LogP contribution is -2.13. The smallest absolute Gasteiger partial charge is 0.255 e. The summed E-state index contributed by atoms with van der Waals surface area (Å²) in [7, 11) is -2.11. The second-order valence-corrected chi connectivity index (χ2v) is 8.48. The Kier molecular flexibility index (Phi) is 3.70. The van der Waals surface area contributed by atoms with Gasteiger partial charge in [-0.3, -0.25) is 0 Å². The molecule has 2 N–H and O–H groups in total. The van der Waals surface area contributed by atoms with Gasteiger partial charge in [0.1, 0.15) is 5.75 Å². The fraction of sp³-hybridized carbons (Fsp3) is 0.316. The Morgan fingerprint density at radius 2 is 1.60 bits per heavy atom. The van der Waals surface area contributed by atoms with E-state index in [9.17, 15) is 8.42 Å². The molecule has 2 aliphatic carbocycles. The quantitative estimate of drug-likeness (QED) is 0.912. The first-order valence-electron chi connectivity index (χ1n) is 8.26. The van der Waals surface area contributed by atoms with Crippen molar-refractivity contribution < 1.29 is 13.2 Å². The normalized spacial score (nSPS) is 18.6. The Bertz CT molecular complexity index is 941. The fourth-order valence-corrected chi connectivity index (χ4v) is 4.09. The summed E-state index contributed by atoms with van der Waals surface area (Å²) in [6.45, 7) is 0. The fourth-order valence-electron chi connectivity index (χ4n) is 3.63. The number of rotatable bonds is 4. The maximum atomic E-state index is 11.4. The SMILES string of the molecule is COc1ccc(C2=C(c3ccc(S(N)(=O)=O)nc3)CC3(CC3)C2)cc1. The van der Waals surface area contributed by atoms with Crippen LogP contribution in [0, 0.1) is 5.41 Å². The van der Waals surface area contributed by atoms with E-state index in [1.807, 2.05) is 18.2 Å². The number of ether oxygens (including phenoxy) is 1. The van der Waals surface area contributed by atoms with Crippen molar-refractivity contribution in [2.75, 3.05) is 7.11 Å². The summed E-state index contributed by atoms with van der Waals surface area (Å²) >= 11 is 0. The summed E-state index contributed by atoms with van der Waals surface area (Å²) in [5.41, 5.74) is 5.14. The summed E-state index contributed by atoms with van der Waals surface area (Å²) in [4.78, 5) is 4.05. The minimum atomic E-state index is -3.77. The predicted octanol–water partition coefficient (Wildman–Crippen LogP) is 3.22. The monoisotopic (exact) mass is 356 g/mol. The van der Waals surface area contributed by atoms with Gasteiger partial charge in [-0.25, -0.2) is 18.5 Å². The number of benzene rings is 1. The van der Waals surface area contributed by atoms with Crippen LogP contribution in [0.3, 0.4) is 0 Å². The first kappa shape index (κ1) is 16.3. The molecule has 1 fully saturated rings. The number of primary sulfonamides is 1. The van der Waals surface area contributed by atoms with Gasteiger partial charge >= 0.3 is 0 Å². The van der Waals surface area contributed by atoms with Gasteiger partial charge < -0.3 is 4.74 Å². The molecule has 0 radical (unpaired) electrons.